The van der Waals surface area contributed by atoms with Crippen molar-refractivity contribution < 1.29 is 32.9 Å². The third kappa shape index (κ3) is 37.1. The van der Waals surface area contributed by atoms with Crippen molar-refractivity contribution in [3.05, 3.63) is 24.3 Å². The Labute approximate surface area is 315 Å². The lowest BCUT2D eigenvalue weighted by atomic mass is 10.0. The molecule has 0 saturated carbocycles. The Morgan fingerprint density at radius 2 is 1.10 bits per heavy atom. The van der Waals surface area contributed by atoms with Crippen LogP contribution in [-0.4, -0.2) is 68.5 Å². The van der Waals surface area contributed by atoms with E-state index in [-0.39, 0.29) is 19.1 Å². The van der Waals surface area contributed by atoms with Crippen LogP contribution in [0.3, 0.4) is 0 Å². The van der Waals surface area contributed by atoms with Crippen molar-refractivity contribution in [1.82, 2.24) is 5.32 Å². The van der Waals surface area contributed by atoms with Crippen molar-refractivity contribution >= 4 is 13.7 Å². The molecule has 302 valence electrons. The van der Waals surface area contributed by atoms with Crippen LogP contribution < -0.4 is 10.2 Å². The maximum absolute atomic E-state index is 12.8. The summed E-state index contributed by atoms with van der Waals surface area (Å²) in [6, 6.07) is -0.896. The van der Waals surface area contributed by atoms with Gasteiger partial charge in [0.25, 0.3) is 7.82 Å². The number of quaternary nitrogens is 1. The van der Waals surface area contributed by atoms with Crippen LogP contribution in [0.1, 0.15) is 187 Å². The summed E-state index contributed by atoms with van der Waals surface area (Å²) in [7, 11) is 1.25. The first-order valence-electron chi connectivity index (χ1n) is 21.2. The fraction of sp³-hybridized carbons (Fsp3) is 0.881. The number of phosphoric acid groups is 1. The number of carbonyl (C=O) groups is 1. The first kappa shape index (κ1) is 50.0. The zero-order valence-electron chi connectivity index (χ0n) is 34.1. The Kier molecular flexibility index (Phi) is 34.0. The summed E-state index contributed by atoms with van der Waals surface area (Å²) in [6.45, 7) is 4.61. The number of allylic oxidation sites excluding steroid dienone is 3. The van der Waals surface area contributed by atoms with Gasteiger partial charge in [0, 0.05) is 6.42 Å². The lowest BCUT2D eigenvalue weighted by molar-refractivity contribution is -0.870. The van der Waals surface area contributed by atoms with E-state index in [4.69, 9.17) is 9.05 Å². The van der Waals surface area contributed by atoms with Gasteiger partial charge in [0.05, 0.1) is 39.9 Å². The zero-order valence-corrected chi connectivity index (χ0v) is 35.0. The van der Waals surface area contributed by atoms with E-state index in [9.17, 15) is 19.4 Å². The van der Waals surface area contributed by atoms with Crippen LogP contribution in [0, 0.1) is 0 Å². The third-order valence-corrected chi connectivity index (χ3v) is 10.4. The van der Waals surface area contributed by atoms with E-state index in [1.54, 1.807) is 6.08 Å². The molecular weight excluding hydrogens is 659 g/mol. The van der Waals surface area contributed by atoms with E-state index in [2.05, 4.69) is 31.3 Å². The Hall–Kier alpha value is -1.02. The highest BCUT2D eigenvalue weighted by atomic mass is 31.2. The van der Waals surface area contributed by atoms with Gasteiger partial charge >= 0.3 is 0 Å². The van der Waals surface area contributed by atoms with Crippen LogP contribution in [0.25, 0.3) is 0 Å². The van der Waals surface area contributed by atoms with Gasteiger partial charge in [-0.05, 0) is 32.1 Å². The third-order valence-electron chi connectivity index (χ3n) is 9.41. The lowest BCUT2D eigenvalue weighted by Gasteiger charge is -2.29. The maximum atomic E-state index is 12.8. The van der Waals surface area contributed by atoms with Crippen LogP contribution in [-0.2, 0) is 18.4 Å². The molecule has 0 bridgehead atoms. The van der Waals surface area contributed by atoms with Crippen LogP contribution in [0.4, 0.5) is 0 Å². The summed E-state index contributed by atoms with van der Waals surface area (Å²) >= 11 is 0. The Balaban J connectivity index is 4.48. The van der Waals surface area contributed by atoms with Gasteiger partial charge in [0.1, 0.15) is 13.2 Å². The molecule has 3 unspecified atom stereocenters. The number of aliphatic hydroxyl groups excluding tert-OH is 1. The van der Waals surface area contributed by atoms with Crippen molar-refractivity contribution in [3.63, 3.8) is 0 Å². The van der Waals surface area contributed by atoms with Gasteiger partial charge in [-0.15, -0.1) is 0 Å². The number of likely N-dealkylation sites (N-methyl/N-ethyl adjacent to an activating group) is 1. The molecule has 0 aliphatic carbocycles. The average Bonchev–Trinajstić information content (AvgIpc) is 3.07. The van der Waals surface area contributed by atoms with Gasteiger partial charge in [-0.1, -0.05) is 173 Å². The fourth-order valence-electron chi connectivity index (χ4n) is 5.99. The number of nitrogens with one attached hydrogen (secondary N) is 1. The topological polar surface area (TPSA) is 108 Å². The minimum atomic E-state index is -4.59. The monoisotopic (exact) mass is 743 g/mol. The van der Waals surface area contributed by atoms with Gasteiger partial charge in [0.15, 0.2) is 0 Å². The molecule has 0 spiro atoms. The Morgan fingerprint density at radius 3 is 1.59 bits per heavy atom. The van der Waals surface area contributed by atoms with Gasteiger partial charge < -0.3 is 28.8 Å². The van der Waals surface area contributed by atoms with Crippen molar-refractivity contribution in [3.8, 4) is 0 Å². The highest BCUT2D eigenvalue weighted by molar-refractivity contribution is 7.45. The molecule has 0 heterocycles. The van der Waals surface area contributed by atoms with Crippen molar-refractivity contribution in [1.29, 1.82) is 0 Å². The van der Waals surface area contributed by atoms with Gasteiger partial charge in [-0.25, -0.2) is 0 Å². The summed E-state index contributed by atoms with van der Waals surface area (Å²) < 4.78 is 23.1. The minimum absolute atomic E-state index is 0.00452. The van der Waals surface area contributed by atoms with Crippen LogP contribution in [0.5, 0.6) is 0 Å². The molecule has 0 rings (SSSR count). The molecule has 0 aromatic carbocycles. The molecule has 0 fully saturated rings. The summed E-state index contributed by atoms with van der Waals surface area (Å²) in [5, 5.41) is 13.7. The molecular formula is C42H83N2O6P. The molecule has 0 aromatic rings. The van der Waals surface area contributed by atoms with Crippen molar-refractivity contribution in [2.75, 3.05) is 40.9 Å². The summed E-state index contributed by atoms with van der Waals surface area (Å²) in [6.07, 6.45) is 39.4. The van der Waals surface area contributed by atoms with E-state index in [0.717, 1.165) is 38.5 Å². The fourth-order valence-corrected chi connectivity index (χ4v) is 6.71. The molecule has 0 radical (unpaired) electrons. The summed E-state index contributed by atoms with van der Waals surface area (Å²) in [5.41, 5.74) is 0. The van der Waals surface area contributed by atoms with E-state index in [1.165, 1.54) is 128 Å². The molecule has 0 saturated heterocycles. The first-order chi connectivity index (χ1) is 24.5. The number of phosphoric ester groups is 1. The Morgan fingerprint density at radius 1 is 0.667 bits per heavy atom. The number of amides is 1. The molecule has 2 N–H and O–H groups in total. The van der Waals surface area contributed by atoms with E-state index in [0.29, 0.717) is 17.4 Å². The number of hydrogen-bond donors (Lipinski definition) is 2. The van der Waals surface area contributed by atoms with Crippen molar-refractivity contribution in [2.45, 2.75) is 199 Å². The SMILES string of the molecule is CCCCCCCCCCCCCC/C=C/CC/C=C/C(O)C(COP(=O)([O-])OCC[N+](C)(C)C)NC(=O)CCCCCCCCCCCCC. The molecule has 0 aliphatic rings. The second kappa shape index (κ2) is 34.7. The second-order valence-electron chi connectivity index (χ2n) is 15.7. The van der Waals surface area contributed by atoms with Crippen LogP contribution >= 0.6 is 7.82 Å². The number of carbonyl (C=O) groups excluding carboxylic acids is 1. The molecule has 3 atom stereocenters. The molecule has 51 heavy (non-hydrogen) atoms. The van der Waals surface area contributed by atoms with Crippen LogP contribution in [0.2, 0.25) is 0 Å². The molecule has 8 nitrogen and oxygen atoms in total. The lowest BCUT2D eigenvalue weighted by Crippen LogP contribution is -2.45. The highest BCUT2D eigenvalue weighted by Crippen LogP contribution is 2.38. The number of rotatable bonds is 38. The van der Waals surface area contributed by atoms with Crippen molar-refractivity contribution in [2.24, 2.45) is 0 Å². The number of hydrogen-bond acceptors (Lipinski definition) is 6. The van der Waals surface area contributed by atoms with E-state index >= 15 is 0 Å². The predicted molar refractivity (Wildman–Crippen MR) is 215 cm³/mol. The summed E-state index contributed by atoms with van der Waals surface area (Å²) in [4.78, 5) is 25.2. The quantitative estimate of drug-likeness (QED) is 0.0282. The second-order valence-corrected chi connectivity index (χ2v) is 17.1. The predicted octanol–water partition coefficient (Wildman–Crippen LogP) is 10.7. The van der Waals surface area contributed by atoms with Gasteiger partial charge in [-0.3, -0.25) is 9.36 Å². The highest BCUT2D eigenvalue weighted by Gasteiger charge is 2.23. The largest absolute Gasteiger partial charge is 0.756 e. The van der Waals surface area contributed by atoms with E-state index in [1.807, 2.05) is 27.2 Å². The zero-order chi connectivity index (χ0) is 37.9. The molecule has 1 amide bonds. The Bertz CT molecular complexity index is 891. The maximum Gasteiger partial charge on any atom is 0.268 e. The van der Waals surface area contributed by atoms with Crippen LogP contribution in [0.15, 0.2) is 24.3 Å². The number of aliphatic hydroxyl groups is 1. The van der Waals surface area contributed by atoms with Gasteiger partial charge in [-0.2, -0.15) is 0 Å². The van der Waals surface area contributed by atoms with E-state index < -0.39 is 20.0 Å². The van der Waals surface area contributed by atoms with Gasteiger partial charge in [0.2, 0.25) is 5.91 Å². The smallest absolute Gasteiger partial charge is 0.268 e. The first-order valence-corrected chi connectivity index (χ1v) is 22.7. The molecule has 9 heteroatoms. The minimum Gasteiger partial charge on any atom is -0.756 e. The summed E-state index contributed by atoms with van der Waals surface area (Å²) in [5.74, 6) is -0.209. The molecule has 0 aliphatic heterocycles. The number of unbranched alkanes of at least 4 members (excludes halogenated alkanes) is 23. The molecule has 0 aromatic heterocycles. The standard InChI is InChI=1S/C42H83N2O6P/c1-6-8-10-12-14-16-18-19-20-21-22-23-24-26-27-29-31-33-35-41(45)40(39-50-51(47,48)49-38-37-44(3,4)5)43-42(46)36-34-32-30-28-25-17-15-13-11-9-7-2/h26-27,33,35,40-41,45H,6-25,28-32,34,36-39H2,1-5H3,(H-,43,46,47,48)/b27-26+,35-33+. The average molecular weight is 743 g/mol. The normalized spacial score (nSPS) is 14.7. The number of nitrogens with zero attached hydrogens (tertiary/aromatic N) is 1.